The van der Waals surface area contributed by atoms with E-state index < -0.39 is 0 Å². The van der Waals surface area contributed by atoms with Crippen molar-refractivity contribution >= 4 is 11.8 Å². The molecule has 0 aromatic heterocycles. The topological polar surface area (TPSA) is 12.0 Å². The van der Waals surface area contributed by atoms with Gasteiger partial charge in [0, 0.05) is 6.04 Å². The number of hydrogen-bond donors (Lipinski definition) is 1. The van der Waals surface area contributed by atoms with Crippen LogP contribution in [0.25, 0.3) is 0 Å². The van der Waals surface area contributed by atoms with Crippen LogP contribution in [0, 0.1) is 6.92 Å². The van der Waals surface area contributed by atoms with E-state index in [2.05, 4.69) is 42.8 Å². The first-order valence-corrected chi connectivity index (χ1v) is 7.98. The second kappa shape index (κ2) is 6.46. The zero-order chi connectivity index (χ0) is 12.1. The van der Waals surface area contributed by atoms with Crippen LogP contribution < -0.4 is 5.32 Å². The highest BCUT2D eigenvalue weighted by molar-refractivity contribution is 7.98. The molecular weight excluding hydrogens is 226 g/mol. The Labute approximate surface area is 109 Å². The number of aryl methyl sites for hydroxylation is 1. The summed E-state index contributed by atoms with van der Waals surface area (Å²) in [4.78, 5) is 0. The van der Waals surface area contributed by atoms with Crippen LogP contribution in [0.2, 0.25) is 0 Å². The summed E-state index contributed by atoms with van der Waals surface area (Å²) in [5.74, 6) is 2.08. The zero-order valence-corrected chi connectivity index (χ0v) is 11.7. The van der Waals surface area contributed by atoms with Gasteiger partial charge in [-0.25, -0.2) is 0 Å². The Kier molecular flexibility index (Phi) is 4.93. The maximum atomic E-state index is 3.66. The summed E-state index contributed by atoms with van der Waals surface area (Å²) < 4.78 is 0. The number of rotatable bonds is 6. The number of hydrogen-bond acceptors (Lipinski definition) is 2. The molecule has 0 amide bonds. The molecule has 0 spiro atoms. The first kappa shape index (κ1) is 13.0. The number of thioether (sulfide) groups is 1. The third-order valence-electron chi connectivity index (χ3n) is 3.72. The van der Waals surface area contributed by atoms with Crippen molar-refractivity contribution in [2.45, 2.75) is 38.1 Å². The van der Waals surface area contributed by atoms with Crippen molar-refractivity contribution in [3.05, 3.63) is 35.4 Å². The second-order valence-corrected chi connectivity index (χ2v) is 6.01. The van der Waals surface area contributed by atoms with Gasteiger partial charge in [-0.05, 0) is 61.8 Å². The Morgan fingerprint density at radius 2 is 2.06 bits per heavy atom. The molecule has 0 aliphatic heterocycles. The van der Waals surface area contributed by atoms with Gasteiger partial charge in [0.05, 0.1) is 0 Å². The predicted molar refractivity (Wildman–Crippen MR) is 77.9 cm³/mol. The average Bonchev–Trinajstić information content (AvgIpc) is 2.28. The molecule has 1 aliphatic carbocycles. The molecule has 0 bridgehead atoms. The number of nitrogens with one attached hydrogen (secondary N) is 1. The smallest absolute Gasteiger partial charge is 0.00787 e. The summed E-state index contributed by atoms with van der Waals surface area (Å²) in [7, 11) is 0. The van der Waals surface area contributed by atoms with Crippen molar-refractivity contribution in [2.24, 2.45) is 0 Å². The summed E-state index contributed by atoms with van der Waals surface area (Å²) in [5.41, 5.74) is 3.02. The Morgan fingerprint density at radius 3 is 2.76 bits per heavy atom. The molecule has 1 fully saturated rings. The molecule has 17 heavy (non-hydrogen) atoms. The average molecular weight is 249 g/mol. The van der Waals surface area contributed by atoms with E-state index in [1.165, 1.54) is 37.1 Å². The summed E-state index contributed by atoms with van der Waals surface area (Å²) in [6.45, 7) is 3.42. The van der Waals surface area contributed by atoms with Crippen LogP contribution in [-0.4, -0.2) is 24.6 Å². The number of benzene rings is 1. The zero-order valence-electron chi connectivity index (χ0n) is 10.9. The molecule has 2 heteroatoms. The van der Waals surface area contributed by atoms with Gasteiger partial charge < -0.3 is 5.32 Å². The lowest BCUT2D eigenvalue weighted by atomic mass is 9.74. The molecule has 1 aromatic carbocycles. The van der Waals surface area contributed by atoms with Crippen LogP contribution in [0.3, 0.4) is 0 Å². The van der Waals surface area contributed by atoms with Gasteiger partial charge >= 0.3 is 0 Å². The molecular formula is C15H23NS. The second-order valence-electron chi connectivity index (χ2n) is 5.02. The standard InChI is InChI=1S/C15H23NS/c1-12-6-3-4-7-15(12)13-10-14(11-13)16-8-5-9-17-2/h3-4,6-7,13-14,16H,5,8-11H2,1-2H3. The molecule has 1 aromatic rings. The monoisotopic (exact) mass is 249 g/mol. The maximum Gasteiger partial charge on any atom is 0.00787 e. The summed E-state index contributed by atoms with van der Waals surface area (Å²) in [6.07, 6.45) is 6.12. The molecule has 1 aliphatic rings. The predicted octanol–water partition coefficient (Wildman–Crippen LogP) is 3.58. The first-order chi connectivity index (χ1) is 8.31. The van der Waals surface area contributed by atoms with Crippen LogP contribution in [-0.2, 0) is 0 Å². The van der Waals surface area contributed by atoms with E-state index in [1.807, 2.05) is 11.8 Å². The summed E-state index contributed by atoms with van der Waals surface area (Å²) in [6, 6.07) is 9.59. The Bertz CT molecular complexity index is 345. The van der Waals surface area contributed by atoms with E-state index in [4.69, 9.17) is 0 Å². The van der Waals surface area contributed by atoms with Crippen LogP contribution in [0.5, 0.6) is 0 Å². The molecule has 1 nitrogen and oxygen atoms in total. The molecule has 1 saturated carbocycles. The molecule has 0 unspecified atom stereocenters. The summed E-state index contributed by atoms with van der Waals surface area (Å²) >= 11 is 1.94. The van der Waals surface area contributed by atoms with Crippen molar-refractivity contribution in [3.8, 4) is 0 Å². The Balaban J connectivity index is 1.70. The van der Waals surface area contributed by atoms with Gasteiger partial charge in [0.1, 0.15) is 0 Å². The van der Waals surface area contributed by atoms with E-state index in [1.54, 1.807) is 5.56 Å². The lowest BCUT2D eigenvalue weighted by Crippen LogP contribution is -2.40. The highest BCUT2D eigenvalue weighted by atomic mass is 32.2. The van der Waals surface area contributed by atoms with E-state index >= 15 is 0 Å². The molecule has 0 radical (unpaired) electrons. The Hall–Kier alpha value is -0.470. The molecule has 0 saturated heterocycles. The lowest BCUT2D eigenvalue weighted by Gasteiger charge is -2.37. The first-order valence-electron chi connectivity index (χ1n) is 6.59. The van der Waals surface area contributed by atoms with Crippen molar-refractivity contribution in [1.29, 1.82) is 0 Å². The highest BCUT2D eigenvalue weighted by Gasteiger charge is 2.30. The van der Waals surface area contributed by atoms with Gasteiger partial charge in [-0.15, -0.1) is 0 Å². The lowest BCUT2D eigenvalue weighted by molar-refractivity contribution is 0.291. The van der Waals surface area contributed by atoms with Gasteiger partial charge in [-0.3, -0.25) is 0 Å². The molecule has 1 N–H and O–H groups in total. The fourth-order valence-electron chi connectivity index (χ4n) is 2.61. The molecule has 0 atom stereocenters. The van der Waals surface area contributed by atoms with E-state index in [0.717, 1.165) is 12.0 Å². The van der Waals surface area contributed by atoms with Gasteiger partial charge in [-0.2, -0.15) is 11.8 Å². The minimum atomic E-state index is 0.765. The quantitative estimate of drug-likeness (QED) is 0.773. The van der Waals surface area contributed by atoms with Gasteiger partial charge in [0.15, 0.2) is 0 Å². The largest absolute Gasteiger partial charge is 0.314 e. The third kappa shape index (κ3) is 3.49. The fraction of sp³-hybridized carbons (Fsp3) is 0.600. The van der Waals surface area contributed by atoms with Crippen LogP contribution in [0.1, 0.15) is 36.3 Å². The molecule has 0 heterocycles. The molecule has 2 rings (SSSR count). The van der Waals surface area contributed by atoms with Gasteiger partial charge in [-0.1, -0.05) is 24.3 Å². The maximum absolute atomic E-state index is 3.66. The van der Waals surface area contributed by atoms with E-state index in [0.29, 0.717) is 0 Å². The fourth-order valence-corrected chi connectivity index (χ4v) is 3.04. The SMILES string of the molecule is CSCCCNC1CC(c2ccccc2C)C1. The van der Waals surface area contributed by atoms with E-state index in [9.17, 15) is 0 Å². The third-order valence-corrected chi connectivity index (χ3v) is 4.42. The minimum absolute atomic E-state index is 0.765. The van der Waals surface area contributed by atoms with E-state index in [-0.39, 0.29) is 0 Å². The van der Waals surface area contributed by atoms with Crippen LogP contribution >= 0.6 is 11.8 Å². The van der Waals surface area contributed by atoms with Gasteiger partial charge in [0.25, 0.3) is 0 Å². The normalized spacial score (nSPS) is 23.4. The van der Waals surface area contributed by atoms with Crippen molar-refractivity contribution in [3.63, 3.8) is 0 Å². The molecule has 94 valence electrons. The van der Waals surface area contributed by atoms with Crippen molar-refractivity contribution in [1.82, 2.24) is 5.32 Å². The van der Waals surface area contributed by atoms with Crippen LogP contribution in [0.15, 0.2) is 24.3 Å². The van der Waals surface area contributed by atoms with Crippen molar-refractivity contribution in [2.75, 3.05) is 18.6 Å². The van der Waals surface area contributed by atoms with Crippen molar-refractivity contribution < 1.29 is 0 Å². The van der Waals surface area contributed by atoms with Crippen LogP contribution in [0.4, 0.5) is 0 Å². The minimum Gasteiger partial charge on any atom is -0.314 e. The highest BCUT2D eigenvalue weighted by Crippen LogP contribution is 2.38. The Morgan fingerprint density at radius 1 is 1.29 bits per heavy atom. The van der Waals surface area contributed by atoms with Gasteiger partial charge in [0.2, 0.25) is 0 Å². The summed E-state index contributed by atoms with van der Waals surface area (Å²) in [5, 5.41) is 3.66.